The van der Waals surface area contributed by atoms with Crippen LogP contribution in [-0.4, -0.2) is 52.7 Å². The molecule has 8 nitrogen and oxygen atoms in total. The summed E-state index contributed by atoms with van der Waals surface area (Å²) < 4.78 is 66.6. The number of ether oxygens (including phenoxy) is 2. The van der Waals surface area contributed by atoms with E-state index in [9.17, 15) is 21.6 Å². The fourth-order valence-corrected chi connectivity index (χ4v) is 8.55. The molecule has 0 N–H and O–H groups in total. The van der Waals surface area contributed by atoms with Gasteiger partial charge < -0.3 is 13.9 Å². The van der Waals surface area contributed by atoms with Gasteiger partial charge in [-0.1, -0.05) is 38.1 Å². The number of fused-ring (bicyclic) bond motifs is 3. The third-order valence-electron chi connectivity index (χ3n) is 6.16. The van der Waals surface area contributed by atoms with Gasteiger partial charge in [0.05, 0.1) is 36.8 Å². The molecule has 10 heteroatoms. The number of pyridine rings is 1. The summed E-state index contributed by atoms with van der Waals surface area (Å²) in [5, 5.41) is 0.944. The summed E-state index contributed by atoms with van der Waals surface area (Å²) in [4.78, 5) is 13.7. The molecule has 2 aromatic carbocycles. The number of aromatic nitrogens is 1. The molecule has 4 aromatic rings. The van der Waals surface area contributed by atoms with Crippen molar-refractivity contribution in [2.45, 2.75) is 36.6 Å². The van der Waals surface area contributed by atoms with E-state index in [1.165, 1.54) is 36.9 Å². The number of rotatable bonds is 10. The van der Waals surface area contributed by atoms with Crippen molar-refractivity contribution in [2.75, 3.05) is 25.7 Å². The van der Waals surface area contributed by atoms with E-state index >= 15 is 0 Å². The molecule has 196 valence electrons. The third-order valence-corrected chi connectivity index (χ3v) is 10.2. The van der Waals surface area contributed by atoms with Gasteiger partial charge in [0.15, 0.2) is 42.0 Å². The molecular weight excluding hydrogens is 514 g/mol. The average molecular weight is 544 g/mol. The van der Waals surface area contributed by atoms with Crippen LogP contribution in [0.5, 0.6) is 11.5 Å². The van der Waals surface area contributed by atoms with Gasteiger partial charge in [-0.3, -0.25) is 4.79 Å². The number of hydrogen-bond acceptors (Lipinski definition) is 7. The zero-order valence-electron chi connectivity index (χ0n) is 21.1. The van der Waals surface area contributed by atoms with E-state index in [-0.39, 0.29) is 46.0 Å². The zero-order chi connectivity index (χ0) is 27.0. The highest BCUT2D eigenvalue weighted by molar-refractivity contribution is 7.94. The predicted molar refractivity (Wildman–Crippen MR) is 143 cm³/mol. The fourth-order valence-electron chi connectivity index (χ4n) is 4.61. The SMILES string of the molecule is CCCS(=O)(=O)c1c(C(=O)c2ccc(OC)c(OC)c2)c2c3ccccc3ccn2c1S(=O)(=O)CCC. The fraction of sp³-hybridized carbons (Fsp3) is 0.296. The molecule has 0 radical (unpaired) electrons. The first-order valence-corrected chi connectivity index (χ1v) is 15.2. The minimum Gasteiger partial charge on any atom is -0.493 e. The van der Waals surface area contributed by atoms with Crippen molar-refractivity contribution >= 4 is 41.7 Å². The first kappa shape index (κ1) is 26.7. The lowest BCUT2D eigenvalue weighted by atomic mass is 10.0. The molecule has 0 aliphatic heterocycles. The highest BCUT2D eigenvalue weighted by Gasteiger charge is 2.38. The molecule has 0 bridgehead atoms. The number of ketones is 1. The van der Waals surface area contributed by atoms with Crippen molar-refractivity contribution in [3.05, 3.63) is 65.9 Å². The van der Waals surface area contributed by atoms with Gasteiger partial charge in [0, 0.05) is 17.1 Å². The molecule has 4 rings (SSSR count). The summed E-state index contributed by atoms with van der Waals surface area (Å²) in [6.07, 6.45) is 2.07. The Kier molecular flexibility index (Phi) is 7.34. The van der Waals surface area contributed by atoms with Crippen LogP contribution in [-0.2, 0) is 19.7 Å². The number of carbonyl (C=O) groups is 1. The van der Waals surface area contributed by atoms with Crippen LogP contribution in [0.25, 0.3) is 16.3 Å². The standard InChI is InChI=1S/C27H29NO7S2/c1-5-15-36(30,31)26-23(25(29)19-11-12-21(34-3)22(17-19)35-4)24-20-10-8-7-9-18(20)13-14-28(24)27(26)37(32,33)16-6-2/h7-14,17H,5-6,15-16H2,1-4H3. The van der Waals surface area contributed by atoms with Crippen LogP contribution in [0, 0.1) is 0 Å². The van der Waals surface area contributed by atoms with Crippen molar-refractivity contribution in [2.24, 2.45) is 0 Å². The molecule has 0 spiro atoms. The van der Waals surface area contributed by atoms with E-state index in [0.29, 0.717) is 16.9 Å². The van der Waals surface area contributed by atoms with Crippen LogP contribution >= 0.6 is 0 Å². The maximum Gasteiger partial charge on any atom is 0.196 e. The van der Waals surface area contributed by atoms with E-state index in [2.05, 4.69) is 0 Å². The number of sulfone groups is 2. The summed E-state index contributed by atoms with van der Waals surface area (Å²) in [6, 6.07) is 13.4. The molecule has 2 aromatic heterocycles. The van der Waals surface area contributed by atoms with E-state index in [4.69, 9.17) is 9.47 Å². The molecule has 0 fully saturated rings. The average Bonchev–Trinajstić information content (AvgIpc) is 3.25. The Labute approximate surface area is 216 Å². The predicted octanol–water partition coefficient (Wildman–Crippen LogP) is 4.71. The number of hydrogen-bond donors (Lipinski definition) is 0. The lowest BCUT2D eigenvalue weighted by Gasteiger charge is -2.11. The Morgan fingerprint density at radius 1 is 0.838 bits per heavy atom. The first-order valence-electron chi connectivity index (χ1n) is 11.9. The van der Waals surface area contributed by atoms with Gasteiger partial charge in [0.1, 0.15) is 4.90 Å². The molecule has 0 saturated heterocycles. The summed E-state index contributed by atoms with van der Waals surface area (Å²) in [6.45, 7) is 3.40. The zero-order valence-corrected chi connectivity index (χ0v) is 22.8. The highest BCUT2D eigenvalue weighted by atomic mass is 32.2. The smallest absolute Gasteiger partial charge is 0.196 e. The maximum atomic E-state index is 14.2. The van der Waals surface area contributed by atoms with Gasteiger partial charge in [-0.15, -0.1) is 0 Å². The van der Waals surface area contributed by atoms with Crippen LogP contribution in [0.4, 0.5) is 0 Å². The molecular formula is C27H29NO7S2. The topological polar surface area (TPSA) is 108 Å². The van der Waals surface area contributed by atoms with Crippen molar-refractivity contribution < 1.29 is 31.1 Å². The largest absolute Gasteiger partial charge is 0.493 e. The van der Waals surface area contributed by atoms with E-state index in [1.807, 2.05) is 12.1 Å². The summed E-state index contributed by atoms with van der Waals surface area (Å²) in [5.41, 5.74) is 0.222. The van der Waals surface area contributed by atoms with Crippen molar-refractivity contribution in [3.8, 4) is 11.5 Å². The van der Waals surface area contributed by atoms with Crippen LogP contribution in [0.15, 0.2) is 64.6 Å². The van der Waals surface area contributed by atoms with Gasteiger partial charge in [-0.25, -0.2) is 16.8 Å². The number of carbonyl (C=O) groups excluding carboxylic acids is 1. The van der Waals surface area contributed by atoms with Gasteiger partial charge in [0.25, 0.3) is 0 Å². The van der Waals surface area contributed by atoms with Gasteiger partial charge in [-0.05, 0) is 42.5 Å². The monoisotopic (exact) mass is 543 g/mol. The minimum atomic E-state index is -4.16. The Hall–Kier alpha value is -3.37. The lowest BCUT2D eigenvalue weighted by molar-refractivity contribution is 0.103. The van der Waals surface area contributed by atoms with Crippen molar-refractivity contribution in [3.63, 3.8) is 0 Å². The minimum absolute atomic E-state index is 0.144. The summed E-state index contributed by atoms with van der Waals surface area (Å²) in [5.74, 6) is -0.495. The van der Waals surface area contributed by atoms with E-state index in [0.717, 1.165) is 5.39 Å². The number of methoxy groups -OCH3 is 2. The molecule has 0 aliphatic rings. The van der Waals surface area contributed by atoms with E-state index < -0.39 is 30.4 Å². The quantitative estimate of drug-likeness (QED) is 0.267. The molecule has 37 heavy (non-hydrogen) atoms. The van der Waals surface area contributed by atoms with Gasteiger partial charge in [0.2, 0.25) is 0 Å². The van der Waals surface area contributed by atoms with Crippen LogP contribution in [0.2, 0.25) is 0 Å². The summed E-state index contributed by atoms with van der Waals surface area (Å²) in [7, 11) is -5.34. The van der Waals surface area contributed by atoms with Gasteiger partial charge in [-0.2, -0.15) is 0 Å². The van der Waals surface area contributed by atoms with Crippen LogP contribution in [0.3, 0.4) is 0 Å². The number of nitrogens with zero attached hydrogens (tertiary/aromatic N) is 1. The Morgan fingerprint density at radius 3 is 2.14 bits per heavy atom. The Morgan fingerprint density at radius 2 is 1.49 bits per heavy atom. The third kappa shape index (κ3) is 4.59. The first-order chi connectivity index (χ1) is 17.6. The molecule has 0 aliphatic carbocycles. The maximum absolute atomic E-state index is 14.2. The van der Waals surface area contributed by atoms with Crippen molar-refractivity contribution in [1.82, 2.24) is 4.40 Å². The van der Waals surface area contributed by atoms with Crippen LogP contribution in [0.1, 0.15) is 42.6 Å². The van der Waals surface area contributed by atoms with E-state index in [1.54, 1.807) is 38.1 Å². The molecule has 0 amide bonds. The molecule has 0 unspecified atom stereocenters. The Balaban J connectivity index is 2.23. The highest BCUT2D eigenvalue weighted by Crippen LogP contribution is 2.39. The van der Waals surface area contributed by atoms with Crippen molar-refractivity contribution in [1.29, 1.82) is 0 Å². The van der Waals surface area contributed by atoms with Crippen LogP contribution < -0.4 is 9.47 Å². The number of benzene rings is 2. The lowest BCUT2D eigenvalue weighted by Crippen LogP contribution is -2.17. The second-order valence-electron chi connectivity index (χ2n) is 8.67. The normalized spacial score (nSPS) is 12.2. The molecule has 0 atom stereocenters. The Bertz CT molecular complexity index is 1720. The van der Waals surface area contributed by atoms with Gasteiger partial charge >= 0.3 is 0 Å². The second-order valence-corrected chi connectivity index (χ2v) is 12.7. The summed E-state index contributed by atoms with van der Waals surface area (Å²) >= 11 is 0. The second kappa shape index (κ2) is 10.2. The molecule has 2 heterocycles. The molecule has 0 saturated carbocycles.